The lowest BCUT2D eigenvalue weighted by molar-refractivity contribution is -0.308. The Morgan fingerprint density at radius 1 is 0.585 bits per heavy atom. The first-order chi connectivity index (χ1) is 20.2. The van der Waals surface area contributed by atoms with Gasteiger partial charge in [0.05, 0.1) is 25.9 Å². The largest absolute Gasteiger partial charge is 0.516 e. The summed E-state index contributed by atoms with van der Waals surface area (Å²) in [7, 11) is 0. The zero-order chi connectivity index (χ0) is 28.3. The summed E-state index contributed by atoms with van der Waals surface area (Å²) in [5.74, 6) is 0.365. The van der Waals surface area contributed by atoms with Crippen LogP contribution in [-0.4, -0.2) is 36.9 Å². The van der Waals surface area contributed by atoms with Gasteiger partial charge in [0.2, 0.25) is 6.29 Å². The number of carbonyl (C=O) groups is 1. The molecule has 0 aliphatic carbocycles. The first-order valence-electron chi connectivity index (χ1n) is 13.7. The predicted octanol–water partition coefficient (Wildman–Crippen LogP) is 6.70. The van der Waals surface area contributed by atoms with Gasteiger partial charge in [0, 0.05) is 0 Å². The number of hydrogen-bond acceptors (Lipinski definition) is 7. The summed E-state index contributed by atoms with van der Waals surface area (Å²) in [6.45, 7) is 2.81. The molecule has 7 nitrogen and oxygen atoms in total. The van der Waals surface area contributed by atoms with Gasteiger partial charge in [0.1, 0.15) is 24.1 Å². The average molecular weight is 555 g/mol. The Bertz CT molecular complexity index is 1320. The van der Waals surface area contributed by atoms with Gasteiger partial charge in [0.15, 0.2) is 0 Å². The molecule has 0 spiro atoms. The van der Waals surface area contributed by atoms with E-state index in [0.717, 1.165) is 16.7 Å². The first-order valence-corrected chi connectivity index (χ1v) is 13.7. The molecule has 1 fully saturated rings. The maximum Gasteiger partial charge on any atom is 0.516 e. The molecule has 0 saturated carbocycles. The third kappa shape index (κ3) is 8.25. The topological polar surface area (TPSA) is 72.5 Å². The number of ether oxygens (including phenoxy) is 6. The van der Waals surface area contributed by atoms with Crippen molar-refractivity contribution in [1.29, 1.82) is 0 Å². The van der Waals surface area contributed by atoms with Crippen molar-refractivity contribution in [2.75, 3.05) is 0 Å². The molecule has 1 aliphatic heterocycles. The summed E-state index contributed by atoms with van der Waals surface area (Å²) in [5, 5.41) is 0. The van der Waals surface area contributed by atoms with Crippen molar-refractivity contribution < 1.29 is 33.2 Å². The lowest BCUT2D eigenvalue weighted by Crippen LogP contribution is -2.60. The lowest BCUT2D eigenvalue weighted by atomic mass is 9.98. The monoisotopic (exact) mass is 554 g/mol. The van der Waals surface area contributed by atoms with Gasteiger partial charge in [-0.2, -0.15) is 0 Å². The molecule has 4 aromatic rings. The standard InChI is InChI=1S/C34H34O7/c1-25-30(36-22-26-14-6-2-7-15-26)31(37-23-27-16-8-3-9-17-27)32(38-24-28-18-10-4-11-19-28)33(39-25)41-34(35)40-29-20-12-5-13-21-29/h2-21,25,30-33H,22-24H2,1H3/t25-,30+,31+,32-,33?/m0/s1. The fourth-order valence-electron chi connectivity index (χ4n) is 4.67. The second-order valence-electron chi connectivity index (χ2n) is 9.78. The summed E-state index contributed by atoms with van der Waals surface area (Å²) in [6.07, 6.45) is -4.41. The van der Waals surface area contributed by atoms with Crippen molar-refractivity contribution in [3.05, 3.63) is 138 Å². The fourth-order valence-corrected chi connectivity index (χ4v) is 4.67. The zero-order valence-electron chi connectivity index (χ0n) is 22.9. The quantitative estimate of drug-likeness (QED) is 0.151. The van der Waals surface area contributed by atoms with E-state index < -0.39 is 36.9 Å². The Labute approximate surface area is 240 Å². The highest BCUT2D eigenvalue weighted by Gasteiger charge is 2.49. The Balaban J connectivity index is 1.39. The van der Waals surface area contributed by atoms with Crippen molar-refractivity contribution >= 4 is 6.16 Å². The van der Waals surface area contributed by atoms with Crippen LogP contribution in [0.15, 0.2) is 121 Å². The summed E-state index contributed by atoms with van der Waals surface area (Å²) in [6, 6.07) is 38.3. The van der Waals surface area contributed by atoms with E-state index in [-0.39, 0.29) is 6.61 Å². The number of carbonyl (C=O) groups excluding carboxylic acids is 1. The highest BCUT2D eigenvalue weighted by molar-refractivity contribution is 5.63. The molecule has 0 bridgehead atoms. The van der Waals surface area contributed by atoms with Crippen molar-refractivity contribution in [2.24, 2.45) is 0 Å². The summed E-state index contributed by atoms with van der Waals surface area (Å²) >= 11 is 0. The molecule has 0 amide bonds. The minimum Gasteiger partial charge on any atom is -0.401 e. The lowest BCUT2D eigenvalue weighted by Gasteiger charge is -2.44. The minimum absolute atomic E-state index is 0.257. The molecule has 7 heteroatoms. The molecule has 0 aromatic heterocycles. The van der Waals surface area contributed by atoms with Gasteiger partial charge < -0.3 is 28.4 Å². The van der Waals surface area contributed by atoms with Gasteiger partial charge in [-0.05, 0) is 35.7 Å². The second-order valence-corrected chi connectivity index (χ2v) is 9.78. The van der Waals surface area contributed by atoms with Gasteiger partial charge >= 0.3 is 6.16 Å². The van der Waals surface area contributed by atoms with Crippen LogP contribution in [0.2, 0.25) is 0 Å². The molecule has 0 N–H and O–H groups in total. The van der Waals surface area contributed by atoms with Crippen LogP contribution < -0.4 is 4.74 Å². The third-order valence-corrected chi connectivity index (χ3v) is 6.74. The molecular weight excluding hydrogens is 520 g/mol. The molecule has 1 saturated heterocycles. The van der Waals surface area contributed by atoms with Crippen molar-refractivity contribution in [2.45, 2.75) is 57.5 Å². The number of para-hydroxylation sites is 1. The second kappa shape index (κ2) is 14.6. The van der Waals surface area contributed by atoms with Crippen LogP contribution in [0.1, 0.15) is 23.6 Å². The first kappa shape index (κ1) is 28.5. The molecule has 4 aromatic carbocycles. The van der Waals surface area contributed by atoms with Gasteiger partial charge in [-0.25, -0.2) is 4.79 Å². The SMILES string of the molecule is C[C@@H]1OC(OC(=O)Oc2ccccc2)[C@@H](OCc2ccccc2)[C@H](OCc2ccccc2)[C@@H]1OCc1ccccc1. The Morgan fingerprint density at radius 2 is 1.00 bits per heavy atom. The molecule has 0 radical (unpaired) electrons. The molecule has 1 unspecified atom stereocenters. The number of rotatable bonds is 11. The average Bonchev–Trinajstić information content (AvgIpc) is 3.01. The van der Waals surface area contributed by atoms with Gasteiger partial charge in [-0.3, -0.25) is 0 Å². The predicted molar refractivity (Wildman–Crippen MR) is 153 cm³/mol. The Hall–Kier alpha value is -4.01. The molecule has 1 aliphatic rings. The van der Waals surface area contributed by atoms with E-state index in [1.807, 2.05) is 104 Å². The molecule has 41 heavy (non-hydrogen) atoms. The molecular formula is C34H34O7. The molecule has 5 rings (SSSR count). The van der Waals surface area contributed by atoms with Gasteiger partial charge in [-0.15, -0.1) is 0 Å². The van der Waals surface area contributed by atoms with E-state index >= 15 is 0 Å². The highest BCUT2D eigenvalue weighted by Crippen LogP contribution is 2.31. The van der Waals surface area contributed by atoms with Crippen LogP contribution in [-0.2, 0) is 43.5 Å². The highest BCUT2D eigenvalue weighted by atomic mass is 16.8. The maximum atomic E-state index is 12.8. The van der Waals surface area contributed by atoms with E-state index in [1.165, 1.54) is 0 Å². The van der Waals surface area contributed by atoms with E-state index in [9.17, 15) is 4.79 Å². The Morgan fingerprint density at radius 3 is 1.49 bits per heavy atom. The molecule has 212 valence electrons. The minimum atomic E-state index is -1.10. The normalized spacial score (nSPS) is 22.1. The molecule has 5 atom stereocenters. The van der Waals surface area contributed by atoms with Crippen molar-refractivity contribution in [3.8, 4) is 5.75 Å². The van der Waals surface area contributed by atoms with E-state index in [2.05, 4.69) is 0 Å². The van der Waals surface area contributed by atoms with Crippen LogP contribution >= 0.6 is 0 Å². The van der Waals surface area contributed by atoms with Gasteiger partial charge in [-0.1, -0.05) is 109 Å². The zero-order valence-corrected chi connectivity index (χ0v) is 22.9. The summed E-state index contributed by atoms with van der Waals surface area (Å²) < 4.78 is 36.7. The van der Waals surface area contributed by atoms with Crippen molar-refractivity contribution in [1.82, 2.24) is 0 Å². The fraction of sp³-hybridized carbons (Fsp3) is 0.265. The van der Waals surface area contributed by atoms with E-state index in [4.69, 9.17) is 28.4 Å². The van der Waals surface area contributed by atoms with E-state index in [1.54, 1.807) is 24.3 Å². The number of benzene rings is 4. The van der Waals surface area contributed by atoms with Crippen LogP contribution in [0.3, 0.4) is 0 Å². The van der Waals surface area contributed by atoms with Crippen LogP contribution in [0.25, 0.3) is 0 Å². The smallest absolute Gasteiger partial charge is 0.401 e. The van der Waals surface area contributed by atoms with Crippen LogP contribution in [0.4, 0.5) is 4.79 Å². The van der Waals surface area contributed by atoms with Gasteiger partial charge in [0.25, 0.3) is 0 Å². The molecule has 1 heterocycles. The van der Waals surface area contributed by atoms with Crippen LogP contribution in [0, 0.1) is 0 Å². The summed E-state index contributed by atoms with van der Waals surface area (Å²) in [4.78, 5) is 12.8. The summed E-state index contributed by atoms with van der Waals surface area (Å²) in [5.41, 5.74) is 2.98. The van der Waals surface area contributed by atoms with Crippen LogP contribution in [0.5, 0.6) is 5.75 Å². The third-order valence-electron chi connectivity index (χ3n) is 6.74. The Kier molecular flexibility index (Phi) is 10.1. The van der Waals surface area contributed by atoms with E-state index in [0.29, 0.717) is 19.0 Å². The number of hydrogen-bond donors (Lipinski definition) is 0. The maximum absolute atomic E-state index is 12.8. The van der Waals surface area contributed by atoms with Crippen molar-refractivity contribution in [3.63, 3.8) is 0 Å².